The molecule has 0 bridgehead atoms. The lowest BCUT2D eigenvalue weighted by Gasteiger charge is -2.26. The van der Waals surface area contributed by atoms with Gasteiger partial charge in [0.25, 0.3) is 0 Å². The smallest absolute Gasteiger partial charge is 0.0352 e. The third-order valence-corrected chi connectivity index (χ3v) is 3.09. The van der Waals surface area contributed by atoms with Gasteiger partial charge in [0.15, 0.2) is 0 Å². The van der Waals surface area contributed by atoms with Crippen LogP contribution in [0.3, 0.4) is 0 Å². The van der Waals surface area contributed by atoms with Crippen LogP contribution < -0.4 is 11.1 Å². The second kappa shape index (κ2) is 4.01. The Balaban J connectivity index is 2.36. The Kier molecular flexibility index (Phi) is 2.73. The van der Waals surface area contributed by atoms with Gasteiger partial charge in [0, 0.05) is 12.2 Å². The lowest BCUT2D eigenvalue weighted by molar-refractivity contribution is 0.530. The minimum Gasteiger partial charge on any atom is -0.398 e. The Morgan fingerprint density at radius 2 is 2.36 bits per heavy atom. The summed E-state index contributed by atoms with van der Waals surface area (Å²) in [6.07, 6.45) is 3.76. The van der Waals surface area contributed by atoms with E-state index in [4.69, 9.17) is 5.73 Å². The SMILES string of the molecule is CNCC1CCCc2cccc(N)c21. The van der Waals surface area contributed by atoms with Crippen molar-refractivity contribution < 1.29 is 0 Å². The van der Waals surface area contributed by atoms with E-state index in [1.807, 2.05) is 13.1 Å². The van der Waals surface area contributed by atoms with Crippen molar-refractivity contribution >= 4 is 5.69 Å². The van der Waals surface area contributed by atoms with Crippen molar-refractivity contribution in [3.05, 3.63) is 29.3 Å². The Labute approximate surface area is 85.5 Å². The number of likely N-dealkylation sites (N-methyl/N-ethyl adjacent to an activating group) is 1. The molecule has 2 nitrogen and oxygen atoms in total. The average molecular weight is 190 g/mol. The number of fused-ring (bicyclic) bond motifs is 1. The van der Waals surface area contributed by atoms with Gasteiger partial charge in [-0.3, -0.25) is 0 Å². The summed E-state index contributed by atoms with van der Waals surface area (Å²) in [6.45, 7) is 1.04. The lowest BCUT2D eigenvalue weighted by atomic mass is 9.82. The lowest BCUT2D eigenvalue weighted by Crippen LogP contribution is -2.22. The summed E-state index contributed by atoms with van der Waals surface area (Å²) in [5.41, 5.74) is 9.86. The molecule has 76 valence electrons. The molecule has 0 amide bonds. The summed E-state index contributed by atoms with van der Waals surface area (Å²) in [7, 11) is 2.01. The fourth-order valence-corrected chi connectivity index (χ4v) is 2.48. The summed E-state index contributed by atoms with van der Waals surface area (Å²) < 4.78 is 0. The van der Waals surface area contributed by atoms with E-state index in [0.29, 0.717) is 5.92 Å². The van der Waals surface area contributed by atoms with Gasteiger partial charge in [-0.05, 0) is 49.4 Å². The highest BCUT2D eigenvalue weighted by atomic mass is 14.8. The predicted molar refractivity (Wildman–Crippen MR) is 60.5 cm³/mol. The molecule has 1 unspecified atom stereocenters. The van der Waals surface area contributed by atoms with Crippen LogP contribution in [0.4, 0.5) is 5.69 Å². The molecule has 0 saturated heterocycles. The number of nitrogens with one attached hydrogen (secondary N) is 1. The maximum atomic E-state index is 6.03. The predicted octanol–water partition coefficient (Wildman–Crippen LogP) is 1.91. The number of aryl methyl sites for hydroxylation is 1. The van der Waals surface area contributed by atoms with Crippen LogP contribution in [-0.2, 0) is 6.42 Å². The van der Waals surface area contributed by atoms with Gasteiger partial charge in [-0.25, -0.2) is 0 Å². The third kappa shape index (κ3) is 1.62. The van der Waals surface area contributed by atoms with Crippen molar-refractivity contribution in [3.8, 4) is 0 Å². The van der Waals surface area contributed by atoms with E-state index in [1.165, 1.54) is 30.4 Å². The maximum absolute atomic E-state index is 6.03. The van der Waals surface area contributed by atoms with Crippen LogP contribution in [-0.4, -0.2) is 13.6 Å². The Bertz CT molecular complexity index is 320. The van der Waals surface area contributed by atoms with Crippen LogP contribution in [0.1, 0.15) is 29.9 Å². The fourth-order valence-electron chi connectivity index (χ4n) is 2.48. The molecule has 0 fully saturated rings. The quantitative estimate of drug-likeness (QED) is 0.699. The first-order chi connectivity index (χ1) is 6.83. The van der Waals surface area contributed by atoms with E-state index >= 15 is 0 Å². The first kappa shape index (κ1) is 9.53. The number of hydrogen-bond acceptors (Lipinski definition) is 2. The second-order valence-electron chi connectivity index (χ2n) is 4.07. The number of anilines is 1. The zero-order valence-electron chi connectivity index (χ0n) is 8.72. The topological polar surface area (TPSA) is 38.0 Å². The van der Waals surface area contributed by atoms with Crippen LogP contribution in [0, 0.1) is 0 Å². The van der Waals surface area contributed by atoms with E-state index in [2.05, 4.69) is 17.4 Å². The van der Waals surface area contributed by atoms with Gasteiger partial charge in [-0.15, -0.1) is 0 Å². The van der Waals surface area contributed by atoms with Crippen LogP contribution in [0.5, 0.6) is 0 Å². The summed E-state index contributed by atoms with van der Waals surface area (Å²) in [5, 5.41) is 3.25. The molecule has 0 heterocycles. The molecule has 0 aliphatic heterocycles. The first-order valence-corrected chi connectivity index (χ1v) is 5.34. The van der Waals surface area contributed by atoms with E-state index in [9.17, 15) is 0 Å². The minimum absolute atomic E-state index is 0.616. The molecule has 0 radical (unpaired) electrons. The van der Waals surface area contributed by atoms with Gasteiger partial charge in [0.1, 0.15) is 0 Å². The Hall–Kier alpha value is -1.02. The molecule has 0 saturated carbocycles. The van der Waals surface area contributed by atoms with Gasteiger partial charge in [0.05, 0.1) is 0 Å². The average Bonchev–Trinajstić information content (AvgIpc) is 2.19. The largest absolute Gasteiger partial charge is 0.398 e. The van der Waals surface area contributed by atoms with Gasteiger partial charge < -0.3 is 11.1 Å². The van der Waals surface area contributed by atoms with E-state index in [-0.39, 0.29) is 0 Å². The normalized spacial score (nSPS) is 20.5. The molecule has 1 aromatic rings. The first-order valence-electron chi connectivity index (χ1n) is 5.34. The van der Waals surface area contributed by atoms with Crippen LogP contribution in [0.2, 0.25) is 0 Å². The minimum atomic E-state index is 0.616. The van der Waals surface area contributed by atoms with Gasteiger partial charge >= 0.3 is 0 Å². The molecule has 2 heteroatoms. The van der Waals surface area contributed by atoms with Crippen molar-refractivity contribution in [1.82, 2.24) is 5.32 Å². The number of hydrogen-bond donors (Lipinski definition) is 2. The summed E-state index contributed by atoms with van der Waals surface area (Å²) in [6, 6.07) is 6.30. The monoisotopic (exact) mass is 190 g/mol. The molecule has 14 heavy (non-hydrogen) atoms. The maximum Gasteiger partial charge on any atom is 0.0352 e. The highest BCUT2D eigenvalue weighted by molar-refractivity contribution is 5.54. The number of benzene rings is 1. The zero-order valence-corrected chi connectivity index (χ0v) is 8.72. The molecule has 1 aliphatic carbocycles. The van der Waals surface area contributed by atoms with Gasteiger partial charge in [-0.2, -0.15) is 0 Å². The van der Waals surface area contributed by atoms with Crippen molar-refractivity contribution in [2.24, 2.45) is 0 Å². The Morgan fingerprint density at radius 1 is 1.50 bits per heavy atom. The second-order valence-corrected chi connectivity index (χ2v) is 4.07. The molecule has 3 N–H and O–H groups in total. The van der Waals surface area contributed by atoms with Crippen LogP contribution in [0.15, 0.2) is 18.2 Å². The number of rotatable bonds is 2. The van der Waals surface area contributed by atoms with E-state index in [0.717, 1.165) is 12.2 Å². The van der Waals surface area contributed by atoms with Crippen LogP contribution >= 0.6 is 0 Å². The fraction of sp³-hybridized carbons (Fsp3) is 0.500. The van der Waals surface area contributed by atoms with E-state index < -0.39 is 0 Å². The molecule has 0 aromatic heterocycles. The molecule has 1 aromatic carbocycles. The summed E-state index contributed by atoms with van der Waals surface area (Å²) in [4.78, 5) is 0. The van der Waals surface area contributed by atoms with Crippen molar-refractivity contribution in [2.75, 3.05) is 19.3 Å². The number of nitrogens with two attached hydrogens (primary N) is 1. The Morgan fingerprint density at radius 3 is 3.14 bits per heavy atom. The van der Waals surface area contributed by atoms with Gasteiger partial charge in [-0.1, -0.05) is 12.1 Å². The zero-order chi connectivity index (χ0) is 9.97. The standard InChI is InChI=1S/C12H18N2/c1-14-8-10-6-2-4-9-5-3-7-11(13)12(9)10/h3,5,7,10,14H,2,4,6,8,13H2,1H3. The molecular formula is C12H18N2. The summed E-state index contributed by atoms with van der Waals surface area (Å²) >= 11 is 0. The van der Waals surface area contributed by atoms with Crippen molar-refractivity contribution in [1.29, 1.82) is 0 Å². The van der Waals surface area contributed by atoms with E-state index in [1.54, 1.807) is 0 Å². The highest BCUT2D eigenvalue weighted by Crippen LogP contribution is 2.34. The highest BCUT2D eigenvalue weighted by Gasteiger charge is 2.21. The third-order valence-electron chi connectivity index (χ3n) is 3.09. The molecule has 1 aliphatic rings. The van der Waals surface area contributed by atoms with Crippen LogP contribution in [0.25, 0.3) is 0 Å². The molecule has 2 rings (SSSR count). The number of nitrogen functional groups attached to an aromatic ring is 1. The molecular weight excluding hydrogens is 172 g/mol. The molecule has 1 atom stereocenters. The van der Waals surface area contributed by atoms with Gasteiger partial charge in [0.2, 0.25) is 0 Å². The van der Waals surface area contributed by atoms with Crippen molar-refractivity contribution in [3.63, 3.8) is 0 Å². The summed E-state index contributed by atoms with van der Waals surface area (Å²) in [5.74, 6) is 0.616. The molecule has 0 spiro atoms. The van der Waals surface area contributed by atoms with Crippen molar-refractivity contribution in [2.45, 2.75) is 25.2 Å².